The van der Waals surface area contributed by atoms with Gasteiger partial charge in [0.1, 0.15) is 6.04 Å². The van der Waals surface area contributed by atoms with Crippen LogP contribution >= 0.6 is 0 Å². The van der Waals surface area contributed by atoms with Crippen molar-refractivity contribution in [3.8, 4) is 0 Å². The molecule has 14 heteroatoms. The van der Waals surface area contributed by atoms with E-state index in [-0.39, 0.29) is 23.0 Å². The number of nitrogens with one attached hydrogen (secondary N) is 4. The Kier molecular flexibility index (Phi) is 13.8. The summed E-state index contributed by atoms with van der Waals surface area (Å²) in [4.78, 5) is 42.2. The van der Waals surface area contributed by atoms with Crippen LogP contribution in [0.2, 0.25) is 0 Å². The van der Waals surface area contributed by atoms with Gasteiger partial charge in [0.25, 0.3) is 5.91 Å². The summed E-state index contributed by atoms with van der Waals surface area (Å²) < 4.78 is 69.0. The highest BCUT2D eigenvalue weighted by molar-refractivity contribution is 7.88. The maximum Gasteiger partial charge on any atom is 0.416 e. The summed E-state index contributed by atoms with van der Waals surface area (Å²) in [5, 5.41) is 6.05. The van der Waals surface area contributed by atoms with Crippen LogP contribution in [0, 0.1) is 11.3 Å². The molecule has 0 aliphatic heterocycles. The van der Waals surface area contributed by atoms with Crippen molar-refractivity contribution in [3.63, 3.8) is 0 Å². The lowest BCUT2D eigenvalue weighted by Crippen LogP contribution is -2.61. The standard InChI is InChI=1S/C35H50F3N5O5S/c1-22(2)27(20-23(3)30(44)42-49(47,48)40-21-24-16-14-15-19-26(24)35(36,37)38)43(10)32(46)29(33(4,5)6)41-31(45)28(39-9)34(7,8)25-17-12-11-13-18-25/h11-20,22,27-29,39-40H,21H2,1-10H3,(H,41,45)(H,42,44). The molecule has 0 bridgehead atoms. The molecular formula is C35H50F3N5O5S. The minimum atomic E-state index is -4.69. The van der Waals surface area contributed by atoms with E-state index in [2.05, 4.69) is 10.6 Å². The molecule has 272 valence electrons. The van der Waals surface area contributed by atoms with Gasteiger partial charge in [-0.25, -0.2) is 4.72 Å². The second-order valence-electron chi connectivity index (χ2n) is 14.1. The minimum Gasteiger partial charge on any atom is -0.342 e. The van der Waals surface area contributed by atoms with Crippen molar-refractivity contribution in [2.75, 3.05) is 14.1 Å². The average molecular weight is 710 g/mol. The van der Waals surface area contributed by atoms with Crippen LogP contribution in [0.15, 0.2) is 66.2 Å². The highest BCUT2D eigenvalue weighted by atomic mass is 32.2. The molecule has 2 aromatic rings. The number of amides is 3. The zero-order valence-electron chi connectivity index (χ0n) is 29.8. The molecule has 3 amide bonds. The maximum absolute atomic E-state index is 14.1. The Morgan fingerprint density at radius 2 is 1.45 bits per heavy atom. The van der Waals surface area contributed by atoms with E-state index in [0.29, 0.717) is 0 Å². The van der Waals surface area contributed by atoms with Crippen molar-refractivity contribution in [2.45, 2.75) is 91.7 Å². The number of carbonyl (C=O) groups excluding carboxylic acids is 3. The van der Waals surface area contributed by atoms with Crippen LogP contribution in [-0.2, 0) is 42.7 Å². The fourth-order valence-corrected chi connectivity index (χ4v) is 6.35. The van der Waals surface area contributed by atoms with Crippen LogP contribution in [0.4, 0.5) is 13.2 Å². The molecule has 0 heterocycles. The molecule has 49 heavy (non-hydrogen) atoms. The number of nitrogens with zero attached hydrogens (tertiary/aromatic N) is 1. The molecule has 2 aromatic carbocycles. The summed E-state index contributed by atoms with van der Waals surface area (Å²) in [7, 11) is -1.34. The summed E-state index contributed by atoms with van der Waals surface area (Å²) in [5.41, 5.74) is -1.79. The fourth-order valence-electron chi connectivity index (χ4n) is 5.52. The number of benzene rings is 2. The van der Waals surface area contributed by atoms with Crippen molar-refractivity contribution < 1.29 is 36.0 Å². The van der Waals surface area contributed by atoms with Crippen LogP contribution < -0.4 is 20.1 Å². The van der Waals surface area contributed by atoms with Gasteiger partial charge in [-0.3, -0.25) is 14.4 Å². The first-order valence-corrected chi connectivity index (χ1v) is 17.4. The number of rotatable bonds is 14. The lowest BCUT2D eigenvalue weighted by molar-refractivity contribution is -0.141. The first-order valence-electron chi connectivity index (χ1n) is 15.9. The van der Waals surface area contributed by atoms with Gasteiger partial charge < -0.3 is 15.5 Å². The molecule has 0 aliphatic carbocycles. The molecule has 0 saturated carbocycles. The van der Waals surface area contributed by atoms with Crippen LogP contribution in [0.25, 0.3) is 0 Å². The number of halogens is 3. The van der Waals surface area contributed by atoms with E-state index >= 15 is 0 Å². The molecular weight excluding hydrogens is 659 g/mol. The summed E-state index contributed by atoms with van der Waals surface area (Å²) >= 11 is 0. The van der Waals surface area contributed by atoms with Crippen LogP contribution in [0.3, 0.4) is 0 Å². The molecule has 0 spiro atoms. The predicted molar refractivity (Wildman–Crippen MR) is 184 cm³/mol. The quantitative estimate of drug-likeness (QED) is 0.211. The van der Waals surface area contributed by atoms with Crippen molar-refractivity contribution in [1.82, 2.24) is 25.0 Å². The molecule has 3 unspecified atom stereocenters. The van der Waals surface area contributed by atoms with E-state index in [1.807, 2.05) is 88.2 Å². The van der Waals surface area contributed by atoms with Gasteiger partial charge in [0.2, 0.25) is 11.8 Å². The van der Waals surface area contributed by atoms with E-state index in [0.717, 1.165) is 17.7 Å². The maximum atomic E-state index is 14.1. The van der Waals surface area contributed by atoms with Gasteiger partial charge in [0.15, 0.2) is 0 Å². The first-order chi connectivity index (χ1) is 22.4. The zero-order chi connectivity index (χ0) is 37.5. The average Bonchev–Trinajstić information content (AvgIpc) is 3.00. The molecule has 3 atom stereocenters. The fraction of sp³-hybridized carbons (Fsp3) is 0.514. The smallest absolute Gasteiger partial charge is 0.342 e. The Hall–Kier alpha value is -3.75. The topological polar surface area (TPSA) is 137 Å². The number of alkyl halides is 3. The van der Waals surface area contributed by atoms with Crippen LogP contribution in [0.1, 0.15) is 72.1 Å². The second-order valence-corrected chi connectivity index (χ2v) is 15.6. The Morgan fingerprint density at radius 3 is 1.96 bits per heavy atom. The third kappa shape index (κ3) is 11.1. The van der Waals surface area contributed by atoms with Crippen molar-refractivity contribution in [3.05, 3.63) is 82.9 Å². The second kappa shape index (κ2) is 16.3. The SMILES string of the molecule is CNC(C(=O)NC(C(=O)N(C)C(C=C(C)C(=O)NS(=O)(=O)NCc1ccccc1C(F)(F)F)C(C)C)C(C)(C)C)C(C)(C)c1ccccc1. The molecule has 4 N–H and O–H groups in total. The van der Waals surface area contributed by atoms with Crippen molar-refractivity contribution in [1.29, 1.82) is 0 Å². The largest absolute Gasteiger partial charge is 0.416 e. The summed E-state index contributed by atoms with van der Waals surface area (Å²) in [6.07, 6.45) is -3.25. The Bertz CT molecular complexity index is 1600. The van der Waals surface area contributed by atoms with Crippen LogP contribution in [0.5, 0.6) is 0 Å². The van der Waals surface area contributed by atoms with E-state index < -0.39 is 69.3 Å². The molecule has 0 radical (unpaired) electrons. The monoisotopic (exact) mass is 709 g/mol. The third-order valence-electron chi connectivity index (χ3n) is 8.45. The normalized spacial score (nSPS) is 14.9. The lowest BCUT2D eigenvalue weighted by Gasteiger charge is -2.40. The van der Waals surface area contributed by atoms with Gasteiger partial charge in [-0.05, 0) is 42.5 Å². The van der Waals surface area contributed by atoms with Gasteiger partial charge in [-0.2, -0.15) is 26.3 Å². The minimum absolute atomic E-state index is 0.0457. The molecule has 0 aliphatic rings. The molecule has 2 rings (SSSR count). The highest BCUT2D eigenvalue weighted by Gasteiger charge is 2.41. The van der Waals surface area contributed by atoms with Gasteiger partial charge in [0.05, 0.1) is 17.6 Å². The van der Waals surface area contributed by atoms with Crippen molar-refractivity contribution in [2.24, 2.45) is 11.3 Å². The third-order valence-corrected chi connectivity index (χ3v) is 9.43. The van der Waals surface area contributed by atoms with E-state index in [1.54, 1.807) is 14.1 Å². The summed E-state index contributed by atoms with van der Waals surface area (Å²) in [6, 6.07) is 11.7. The Morgan fingerprint density at radius 1 is 0.898 bits per heavy atom. The van der Waals surface area contributed by atoms with Crippen LogP contribution in [-0.4, -0.2) is 63.3 Å². The summed E-state index contributed by atoms with van der Waals surface area (Å²) in [5.74, 6) is -2.07. The van der Waals surface area contributed by atoms with Gasteiger partial charge >= 0.3 is 16.4 Å². The van der Waals surface area contributed by atoms with Gasteiger partial charge in [-0.1, -0.05) is 103 Å². The predicted octanol–water partition coefficient (Wildman–Crippen LogP) is 4.68. The van der Waals surface area contributed by atoms with Gasteiger partial charge in [-0.15, -0.1) is 0 Å². The van der Waals surface area contributed by atoms with E-state index in [1.165, 1.54) is 30.0 Å². The Balaban J connectivity index is 2.27. The van der Waals surface area contributed by atoms with Gasteiger partial charge in [0, 0.05) is 24.6 Å². The summed E-state index contributed by atoms with van der Waals surface area (Å²) in [6.45, 7) is 13.6. The van der Waals surface area contributed by atoms with E-state index in [9.17, 15) is 36.0 Å². The number of hydrogen-bond acceptors (Lipinski definition) is 6. The van der Waals surface area contributed by atoms with E-state index in [4.69, 9.17) is 0 Å². The Labute approximate surface area is 288 Å². The number of likely N-dealkylation sites (N-methyl/N-ethyl adjacent to an activating group) is 2. The molecule has 10 nitrogen and oxygen atoms in total. The lowest BCUT2D eigenvalue weighted by atomic mass is 9.76. The number of hydrogen-bond donors (Lipinski definition) is 4. The highest BCUT2D eigenvalue weighted by Crippen LogP contribution is 2.32. The zero-order valence-corrected chi connectivity index (χ0v) is 30.6. The molecule has 0 saturated heterocycles. The molecule has 0 fully saturated rings. The molecule has 0 aromatic heterocycles. The number of carbonyl (C=O) groups is 3. The first kappa shape index (κ1) is 41.4. The van der Waals surface area contributed by atoms with Crippen molar-refractivity contribution >= 4 is 27.9 Å².